The Labute approximate surface area is 117 Å². The minimum atomic E-state index is 0.575. The molecule has 2 aromatic rings. The number of hydrogen-bond acceptors (Lipinski definition) is 1. The third-order valence-corrected chi connectivity index (χ3v) is 3.88. The Kier molecular flexibility index (Phi) is 4.44. The third-order valence-electron chi connectivity index (χ3n) is 3.42. The van der Waals surface area contributed by atoms with Crippen LogP contribution in [0.15, 0.2) is 16.6 Å². The Hall–Kier alpha value is -0.830. The van der Waals surface area contributed by atoms with Crippen LogP contribution in [0.25, 0.3) is 11.0 Å². The molecule has 1 aromatic heterocycles. The predicted molar refractivity (Wildman–Crippen MR) is 81.1 cm³/mol. The lowest BCUT2D eigenvalue weighted by molar-refractivity contribution is 0.539. The summed E-state index contributed by atoms with van der Waals surface area (Å²) in [5.74, 6) is 1.74. The van der Waals surface area contributed by atoms with Crippen molar-refractivity contribution in [2.24, 2.45) is 0 Å². The van der Waals surface area contributed by atoms with Crippen molar-refractivity contribution in [2.45, 2.75) is 52.4 Å². The maximum Gasteiger partial charge on any atom is 0.110 e. The van der Waals surface area contributed by atoms with Crippen LogP contribution in [0.3, 0.4) is 0 Å². The molecule has 0 amide bonds. The molecule has 1 aromatic carbocycles. The Morgan fingerprint density at radius 2 is 1.89 bits per heavy atom. The number of fused-ring (bicyclic) bond motifs is 1. The first-order chi connectivity index (χ1) is 8.65. The Morgan fingerprint density at radius 3 is 2.50 bits per heavy atom. The molecule has 0 aliphatic heterocycles. The van der Waals surface area contributed by atoms with Gasteiger partial charge in [0.05, 0.1) is 11.0 Å². The quantitative estimate of drug-likeness (QED) is 0.796. The second kappa shape index (κ2) is 5.87. The van der Waals surface area contributed by atoms with Crippen molar-refractivity contribution < 1.29 is 0 Å². The molecule has 0 radical (unpaired) electrons. The molecule has 3 heteroatoms. The number of hydrogen-bond donors (Lipinski definition) is 1. The maximum absolute atomic E-state index is 4.81. The minimum Gasteiger partial charge on any atom is -0.342 e. The first kappa shape index (κ1) is 13.6. The average Bonchev–Trinajstić information content (AvgIpc) is 2.72. The van der Waals surface area contributed by atoms with Gasteiger partial charge in [0.25, 0.3) is 0 Å². The van der Waals surface area contributed by atoms with Crippen LogP contribution >= 0.6 is 15.9 Å². The van der Waals surface area contributed by atoms with Crippen molar-refractivity contribution in [1.82, 2.24) is 9.97 Å². The topological polar surface area (TPSA) is 28.7 Å². The number of aryl methyl sites for hydroxylation is 1. The maximum atomic E-state index is 4.81. The summed E-state index contributed by atoms with van der Waals surface area (Å²) in [6.07, 6.45) is 4.86. The number of aromatic amines is 1. The molecule has 0 fully saturated rings. The van der Waals surface area contributed by atoms with E-state index in [-0.39, 0.29) is 0 Å². The first-order valence-corrected chi connectivity index (χ1v) is 7.60. The predicted octanol–water partition coefficient (Wildman–Crippen LogP) is 5.32. The fourth-order valence-electron chi connectivity index (χ4n) is 2.57. The van der Waals surface area contributed by atoms with Crippen molar-refractivity contribution in [3.05, 3.63) is 28.0 Å². The van der Waals surface area contributed by atoms with Gasteiger partial charge in [-0.15, -0.1) is 0 Å². The zero-order valence-electron chi connectivity index (χ0n) is 11.4. The number of rotatable bonds is 5. The normalized spacial score (nSPS) is 11.6. The molecule has 1 N–H and O–H groups in total. The zero-order valence-corrected chi connectivity index (χ0v) is 13.0. The van der Waals surface area contributed by atoms with Crippen LogP contribution in [-0.2, 0) is 0 Å². The van der Waals surface area contributed by atoms with Gasteiger partial charge < -0.3 is 4.98 Å². The lowest BCUT2D eigenvalue weighted by Crippen LogP contribution is -2.00. The molecule has 0 aliphatic rings. The third kappa shape index (κ3) is 2.77. The van der Waals surface area contributed by atoms with E-state index in [4.69, 9.17) is 4.98 Å². The van der Waals surface area contributed by atoms with Crippen molar-refractivity contribution >= 4 is 27.0 Å². The van der Waals surface area contributed by atoms with Gasteiger partial charge in [-0.3, -0.25) is 0 Å². The lowest BCUT2D eigenvalue weighted by Gasteiger charge is -2.11. The van der Waals surface area contributed by atoms with Gasteiger partial charge in [-0.1, -0.05) is 42.6 Å². The van der Waals surface area contributed by atoms with Gasteiger partial charge in [-0.25, -0.2) is 4.98 Å². The Bertz CT molecular complexity index is 525. The van der Waals surface area contributed by atoms with Crippen LogP contribution < -0.4 is 0 Å². The van der Waals surface area contributed by atoms with E-state index in [2.05, 4.69) is 53.8 Å². The SMILES string of the molecule is CCCC(CCC)c1nc2c(C)cc(Br)cc2[nH]1. The van der Waals surface area contributed by atoms with Gasteiger partial charge in [0.15, 0.2) is 0 Å². The highest BCUT2D eigenvalue weighted by molar-refractivity contribution is 9.10. The van der Waals surface area contributed by atoms with Crippen molar-refractivity contribution in [1.29, 1.82) is 0 Å². The fraction of sp³-hybridized carbons (Fsp3) is 0.533. The molecule has 2 rings (SSSR count). The molecule has 0 spiro atoms. The number of benzene rings is 1. The minimum absolute atomic E-state index is 0.575. The highest BCUT2D eigenvalue weighted by Gasteiger charge is 2.15. The summed E-state index contributed by atoms with van der Waals surface area (Å²) in [6, 6.07) is 4.25. The fourth-order valence-corrected chi connectivity index (χ4v) is 3.15. The van der Waals surface area contributed by atoms with E-state index < -0.39 is 0 Å². The number of nitrogens with zero attached hydrogens (tertiary/aromatic N) is 1. The van der Waals surface area contributed by atoms with Crippen LogP contribution in [0.5, 0.6) is 0 Å². The number of imidazole rings is 1. The summed E-state index contributed by atoms with van der Waals surface area (Å²) in [6.45, 7) is 6.60. The van der Waals surface area contributed by atoms with E-state index >= 15 is 0 Å². The van der Waals surface area contributed by atoms with Crippen LogP contribution in [0, 0.1) is 6.92 Å². The van der Waals surface area contributed by atoms with Gasteiger partial charge in [0, 0.05) is 10.4 Å². The molecule has 18 heavy (non-hydrogen) atoms. The van der Waals surface area contributed by atoms with Crippen molar-refractivity contribution in [2.75, 3.05) is 0 Å². The average molecular weight is 309 g/mol. The number of aromatic nitrogens is 2. The first-order valence-electron chi connectivity index (χ1n) is 6.81. The molecule has 0 aliphatic carbocycles. The number of H-pyrrole nitrogens is 1. The van der Waals surface area contributed by atoms with Crippen LogP contribution in [-0.4, -0.2) is 9.97 Å². The molecular formula is C15H21BrN2. The van der Waals surface area contributed by atoms with E-state index in [0.717, 1.165) is 21.3 Å². The monoisotopic (exact) mass is 308 g/mol. The van der Waals surface area contributed by atoms with E-state index in [1.54, 1.807) is 0 Å². The molecule has 1 heterocycles. The molecule has 0 unspecified atom stereocenters. The van der Waals surface area contributed by atoms with Crippen molar-refractivity contribution in [3.63, 3.8) is 0 Å². The number of nitrogens with one attached hydrogen (secondary N) is 1. The summed E-state index contributed by atoms with van der Waals surface area (Å²) < 4.78 is 1.12. The van der Waals surface area contributed by atoms with E-state index in [9.17, 15) is 0 Å². The summed E-state index contributed by atoms with van der Waals surface area (Å²) in [5, 5.41) is 0. The highest BCUT2D eigenvalue weighted by Crippen LogP contribution is 2.28. The summed E-state index contributed by atoms with van der Waals surface area (Å²) in [7, 11) is 0. The van der Waals surface area contributed by atoms with Crippen LogP contribution in [0.1, 0.15) is 56.8 Å². The largest absolute Gasteiger partial charge is 0.342 e. The molecule has 0 saturated heterocycles. The van der Waals surface area contributed by atoms with Crippen LogP contribution in [0.2, 0.25) is 0 Å². The lowest BCUT2D eigenvalue weighted by atomic mass is 9.98. The van der Waals surface area contributed by atoms with Gasteiger partial charge >= 0.3 is 0 Å². The zero-order chi connectivity index (χ0) is 13.1. The second-order valence-corrected chi connectivity index (χ2v) is 5.93. The van der Waals surface area contributed by atoms with E-state index in [1.165, 1.54) is 31.2 Å². The van der Waals surface area contributed by atoms with E-state index in [1.807, 2.05) is 0 Å². The van der Waals surface area contributed by atoms with Gasteiger partial charge in [0.2, 0.25) is 0 Å². The molecular weight excluding hydrogens is 288 g/mol. The molecule has 98 valence electrons. The van der Waals surface area contributed by atoms with Crippen LogP contribution in [0.4, 0.5) is 0 Å². The summed E-state index contributed by atoms with van der Waals surface area (Å²) in [4.78, 5) is 8.32. The Morgan fingerprint density at radius 1 is 1.22 bits per heavy atom. The Balaban J connectivity index is 2.41. The highest BCUT2D eigenvalue weighted by atomic mass is 79.9. The number of halogens is 1. The standard InChI is InChI=1S/C15H21BrN2/c1-4-6-11(7-5-2)15-17-13-9-12(16)8-10(3)14(13)18-15/h8-9,11H,4-7H2,1-3H3,(H,17,18). The van der Waals surface area contributed by atoms with E-state index in [0.29, 0.717) is 5.92 Å². The smallest absolute Gasteiger partial charge is 0.110 e. The summed E-state index contributed by atoms with van der Waals surface area (Å²) >= 11 is 3.54. The van der Waals surface area contributed by atoms with Gasteiger partial charge in [-0.2, -0.15) is 0 Å². The van der Waals surface area contributed by atoms with Gasteiger partial charge in [0.1, 0.15) is 5.82 Å². The molecule has 0 bridgehead atoms. The van der Waals surface area contributed by atoms with Gasteiger partial charge in [-0.05, 0) is 37.5 Å². The molecule has 0 atom stereocenters. The van der Waals surface area contributed by atoms with Crippen molar-refractivity contribution in [3.8, 4) is 0 Å². The summed E-state index contributed by atoms with van der Waals surface area (Å²) in [5.41, 5.74) is 3.49. The molecule has 2 nitrogen and oxygen atoms in total. The molecule has 0 saturated carbocycles. The second-order valence-electron chi connectivity index (χ2n) is 5.02.